The molecule has 7 nitrogen and oxygen atoms in total. The SMILES string of the molecule is COC(=O)C[C@@H](C)NC(=O)Nc1ccc(C(=O)Nc2ccccc2)cc1. The number of carbonyl (C=O) groups excluding carboxylic acids is 3. The monoisotopic (exact) mass is 355 g/mol. The van der Waals surface area contributed by atoms with Gasteiger partial charge in [0.1, 0.15) is 0 Å². The number of carbonyl (C=O) groups is 3. The number of urea groups is 1. The van der Waals surface area contributed by atoms with Gasteiger partial charge >= 0.3 is 12.0 Å². The normalized spacial score (nSPS) is 11.2. The second kappa shape index (κ2) is 9.22. The van der Waals surface area contributed by atoms with Crippen LogP contribution in [-0.4, -0.2) is 31.1 Å². The molecule has 2 rings (SSSR count). The molecule has 0 bridgehead atoms. The van der Waals surface area contributed by atoms with Gasteiger partial charge in [-0.05, 0) is 43.3 Å². The van der Waals surface area contributed by atoms with Crippen molar-refractivity contribution in [2.75, 3.05) is 17.7 Å². The van der Waals surface area contributed by atoms with Gasteiger partial charge in [-0.25, -0.2) is 4.79 Å². The van der Waals surface area contributed by atoms with Gasteiger partial charge in [0, 0.05) is 23.0 Å². The van der Waals surface area contributed by atoms with E-state index in [-0.39, 0.29) is 18.4 Å². The van der Waals surface area contributed by atoms with Gasteiger partial charge in [-0.3, -0.25) is 9.59 Å². The largest absolute Gasteiger partial charge is 0.469 e. The Bertz CT molecular complexity index is 760. The molecule has 2 aromatic carbocycles. The second-order valence-electron chi connectivity index (χ2n) is 5.68. The third-order valence-corrected chi connectivity index (χ3v) is 3.51. The van der Waals surface area contributed by atoms with Crippen LogP contribution in [0.3, 0.4) is 0 Å². The van der Waals surface area contributed by atoms with Crippen LogP contribution in [0.15, 0.2) is 54.6 Å². The van der Waals surface area contributed by atoms with Crippen molar-refractivity contribution in [3.8, 4) is 0 Å². The molecule has 7 heteroatoms. The first-order valence-corrected chi connectivity index (χ1v) is 8.08. The van der Waals surface area contributed by atoms with Crippen LogP contribution in [0.5, 0.6) is 0 Å². The van der Waals surface area contributed by atoms with E-state index in [4.69, 9.17) is 0 Å². The summed E-state index contributed by atoms with van der Waals surface area (Å²) >= 11 is 0. The summed E-state index contributed by atoms with van der Waals surface area (Å²) in [5.41, 5.74) is 1.71. The van der Waals surface area contributed by atoms with Gasteiger partial charge in [0.25, 0.3) is 5.91 Å². The Morgan fingerprint density at radius 2 is 1.54 bits per heavy atom. The average molecular weight is 355 g/mol. The van der Waals surface area contributed by atoms with Crippen molar-refractivity contribution >= 4 is 29.3 Å². The van der Waals surface area contributed by atoms with E-state index in [1.54, 1.807) is 43.3 Å². The van der Waals surface area contributed by atoms with Gasteiger partial charge in [-0.2, -0.15) is 0 Å². The Balaban J connectivity index is 1.87. The molecule has 3 N–H and O–H groups in total. The smallest absolute Gasteiger partial charge is 0.319 e. The molecule has 0 aromatic heterocycles. The highest BCUT2D eigenvalue weighted by Crippen LogP contribution is 2.12. The summed E-state index contributed by atoms with van der Waals surface area (Å²) in [5.74, 6) is -0.634. The van der Waals surface area contributed by atoms with Crippen molar-refractivity contribution < 1.29 is 19.1 Å². The minimum atomic E-state index is -0.442. The van der Waals surface area contributed by atoms with Gasteiger partial charge in [-0.1, -0.05) is 18.2 Å². The summed E-state index contributed by atoms with van der Waals surface area (Å²) < 4.78 is 4.55. The summed E-state index contributed by atoms with van der Waals surface area (Å²) in [6.07, 6.45) is 0.0858. The van der Waals surface area contributed by atoms with Crippen LogP contribution in [0.2, 0.25) is 0 Å². The third-order valence-electron chi connectivity index (χ3n) is 3.51. The van der Waals surface area contributed by atoms with Gasteiger partial charge in [0.05, 0.1) is 13.5 Å². The molecule has 0 aliphatic heterocycles. The number of benzene rings is 2. The summed E-state index contributed by atoms with van der Waals surface area (Å²) in [6, 6.07) is 14.8. The first-order valence-electron chi connectivity index (χ1n) is 8.08. The maximum Gasteiger partial charge on any atom is 0.319 e. The first kappa shape index (κ1) is 19.0. The standard InChI is InChI=1S/C19H21N3O4/c1-13(12-17(23)26-2)20-19(25)22-16-10-8-14(9-11-16)18(24)21-15-6-4-3-5-7-15/h3-11,13H,12H2,1-2H3,(H,21,24)(H2,20,22,25)/t13-/m1/s1. The molecule has 2 aromatic rings. The molecule has 136 valence electrons. The number of esters is 1. The Kier molecular flexibility index (Phi) is 6.73. The quantitative estimate of drug-likeness (QED) is 0.694. The molecular weight excluding hydrogens is 334 g/mol. The van der Waals surface area contributed by atoms with Crippen molar-refractivity contribution in [3.05, 3.63) is 60.2 Å². The molecule has 0 saturated heterocycles. The van der Waals surface area contributed by atoms with E-state index in [0.717, 1.165) is 0 Å². The number of hydrogen-bond acceptors (Lipinski definition) is 4. The molecule has 0 fully saturated rings. The summed E-state index contributed by atoms with van der Waals surface area (Å²) in [5, 5.41) is 8.07. The second-order valence-corrected chi connectivity index (χ2v) is 5.68. The third kappa shape index (κ3) is 5.94. The number of nitrogens with one attached hydrogen (secondary N) is 3. The van der Waals surface area contributed by atoms with E-state index in [9.17, 15) is 14.4 Å². The number of anilines is 2. The van der Waals surface area contributed by atoms with Crippen molar-refractivity contribution in [1.82, 2.24) is 5.32 Å². The fourth-order valence-electron chi connectivity index (χ4n) is 2.21. The Morgan fingerprint density at radius 1 is 0.923 bits per heavy atom. The molecule has 0 saturated carbocycles. The zero-order valence-corrected chi connectivity index (χ0v) is 14.6. The Hall–Kier alpha value is -3.35. The number of methoxy groups -OCH3 is 1. The molecule has 0 aliphatic rings. The van der Waals surface area contributed by atoms with Gasteiger partial charge in [-0.15, -0.1) is 0 Å². The lowest BCUT2D eigenvalue weighted by Gasteiger charge is -2.13. The highest BCUT2D eigenvalue weighted by Gasteiger charge is 2.12. The molecule has 26 heavy (non-hydrogen) atoms. The maximum absolute atomic E-state index is 12.2. The van der Waals surface area contributed by atoms with Crippen LogP contribution in [0.1, 0.15) is 23.7 Å². The van der Waals surface area contributed by atoms with E-state index < -0.39 is 12.0 Å². The molecule has 0 aliphatic carbocycles. The summed E-state index contributed by atoms with van der Waals surface area (Å²) in [7, 11) is 1.30. The van der Waals surface area contributed by atoms with Crippen LogP contribution >= 0.6 is 0 Å². The number of amides is 3. The predicted octanol–water partition coefficient (Wildman–Crippen LogP) is 3.01. The van der Waals surface area contributed by atoms with E-state index >= 15 is 0 Å². The topological polar surface area (TPSA) is 96.5 Å². The Morgan fingerprint density at radius 3 is 2.15 bits per heavy atom. The zero-order valence-electron chi connectivity index (χ0n) is 14.6. The van der Waals surface area contributed by atoms with Crippen molar-refractivity contribution in [1.29, 1.82) is 0 Å². The maximum atomic E-state index is 12.2. The number of para-hydroxylation sites is 1. The number of hydrogen-bond donors (Lipinski definition) is 3. The lowest BCUT2D eigenvalue weighted by atomic mass is 10.2. The molecule has 0 spiro atoms. The van der Waals surface area contributed by atoms with E-state index in [2.05, 4.69) is 20.7 Å². The van der Waals surface area contributed by atoms with Crippen molar-refractivity contribution in [2.45, 2.75) is 19.4 Å². The van der Waals surface area contributed by atoms with Crippen molar-refractivity contribution in [2.24, 2.45) is 0 Å². The van der Waals surface area contributed by atoms with Crippen LogP contribution in [-0.2, 0) is 9.53 Å². The first-order chi connectivity index (χ1) is 12.5. The van der Waals surface area contributed by atoms with E-state index in [1.807, 2.05) is 18.2 Å². The van der Waals surface area contributed by atoms with Gasteiger partial charge < -0.3 is 20.7 Å². The number of rotatable bonds is 6. The van der Waals surface area contributed by atoms with Crippen LogP contribution in [0.25, 0.3) is 0 Å². The minimum absolute atomic E-state index is 0.0858. The lowest BCUT2D eigenvalue weighted by molar-refractivity contribution is -0.141. The zero-order chi connectivity index (χ0) is 18.9. The van der Waals surface area contributed by atoms with Gasteiger partial charge in [0.2, 0.25) is 0 Å². The predicted molar refractivity (Wildman–Crippen MR) is 99.1 cm³/mol. The minimum Gasteiger partial charge on any atom is -0.469 e. The molecule has 0 unspecified atom stereocenters. The van der Waals surface area contributed by atoms with E-state index in [1.165, 1.54) is 7.11 Å². The average Bonchev–Trinajstić information content (AvgIpc) is 2.62. The van der Waals surface area contributed by atoms with E-state index in [0.29, 0.717) is 16.9 Å². The molecule has 0 radical (unpaired) electrons. The molecule has 3 amide bonds. The Labute approximate surface area is 151 Å². The van der Waals surface area contributed by atoms with Crippen LogP contribution < -0.4 is 16.0 Å². The van der Waals surface area contributed by atoms with Gasteiger partial charge in [0.15, 0.2) is 0 Å². The van der Waals surface area contributed by atoms with Crippen LogP contribution in [0.4, 0.5) is 16.2 Å². The fraction of sp³-hybridized carbons (Fsp3) is 0.211. The molecule has 0 heterocycles. The summed E-state index contributed by atoms with van der Waals surface area (Å²) in [4.78, 5) is 35.2. The molecule has 1 atom stereocenters. The summed E-state index contributed by atoms with van der Waals surface area (Å²) in [6.45, 7) is 1.70. The van der Waals surface area contributed by atoms with Crippen molar-refractivity contribution in [3.63, 3.8) is 0 Å². The highest BCUT2D eigenvalue weighted by molar-refractivity contribution is 6.04. The lowest BCUT2D eigenvalue weighted by Crippen LogP contribution is -2.37. The highest BCUT2D eigenvalue weighted by atomic mass is 16.5. The number of ether oxygens (including phenoxy) is 1. The fourth-order valence-corrected chi connectivity index (χ4v) is 2.21. The van der Waals surface area contributed by atoms with Crippen LogP contribution in [0, 0.1) is 0 Å². The molecular formula is C19H21N3O4.